The van der Waals surface area contributed by atoms with Crippen LogP contribution in [0, 0.1) is 12.8 Å². The molecule has 0 radical (unpaired) electrons. The van der Waals surface area contributed by atoms with Gasteiger partial charge in [0.25, 0.3) is 0 Å². The maximum absolute atomic E-state index is 10.8. The van der Waals surface area contributed by atoms with Crippen molar-refractivity contribution in [1.82, 2.24) is 0 Å². The van der Waals surface area contributed by atoms with E-state index in [0.29, 0.717) is 11.5 Å². The Kier molecular flexibility index (Phi) is 3.13. The molecule has 0 amide bonds. The van der Waals surface area contributed by atoms with Crippen molar-refractivity contribution in [3.05, 3.63) is 29.3 Å². The summed E-state index contributed by atoms with van der Waals surface area (Å²) >= 11 is 0. The highest BCUT2D eigenvalue weighted by molar-refractivity contribution is 5.89. The second-order valence-electron chi connectivity index (χ2n) is 4.39. The van der Waals surface area contributed by atoms with Gasteiger partial charge in [-0.15, -0.1) is 0 Å². The van der Waals surface area contributed by atoms with Gasteiger partial charge in [0.15, 0.2) is 0 Å². The van der Waals surface area contributed by atoms with Crippen molar-refractivity contribution in [3.63, 3.8) is 0 Å². The highest BCUT2D eigenvalue weighted by Gasteiger charge is 2.18. The Bertz CT molecular complexity index is 394. The number of aryl methyl sites for hydroxylation is 1. The predicted molar refractivity (Wildman–Crippen MR) is 61.0 cm³/mol. The minimum atomic E-state index is -0.886. The van der Waals surface area contributed by atoms with Crippen molar-refractivity contribution in [3.8, 4) is 5.75 Å². The molecular formula is C13H16O3. The maximum atomic E-state index is 10.8. The number of aromatic carboxylic acids is 1. The standard InChI is InChI=1S/C13H16O3/c1-9-7-11(5-6-12(9)13(14)15)16-8-10-3-2-4-10/h5-7,10H,2-4,8H2,1H3,(H,14,15). The van der Waals surface area contributed by atoms with Crippen LogP contribution in [0.3, 0.4) is 0 Å². The minimum Gasteiger partial charge on any atom is -0.493 e. The molecule has 16 heavy (non-hydrogen) atoms. The van der Waals surface area contributed by atoms with Gasteiger partial charge in [0.1, 0.15) is 5.75 Å². The number of rotatable bonds is 4. The summed E-state index contributed by atoms with van der Waals surface area (Å²) in [6, 6.07) is 5.13. The Morgan fingerprint density at radius 2 is 2.25 bits per heavy atom. The van der Waals surface area contributed by atoms with Gasteiger partial charge in [-0.05, 0) is 49.4 Å². The summed E-state index contributed by atoms with van der Waals surface area (Å²) in [4.78, 5) is 10.8. The van der Waals surface area contributed by atoms with Gasteiger partial charge in [0.05, 0.1) is 12.2 Å². The zero-order valence-electron chi connectivity index (χ0n) is 9.40. The number of carboxylic acids is 1. The molecule has 1 N–H and O–H groups in total. The van der Waals surface area contributed by atoms with Crippen LogP contribution in [0.1, 0.15) is 35.2 Å². The fourth-order valence-corrected chi connectivity index (χ4v) is 1.84. The fraction of sp³-hybridized carbons (Fsp3) is 0.462. The van der Waals surface area contributed by atoms with Crippen LogP contribution in [0.2, 0.25) is 0 Å². The summed E-state index contributed by atoms with van der Waals surface area (Å²) in [7, 11) is 0. The molecule has 0 bridgehead atoms. The van der Waals surface area contributed by atoms with Crippen molar-refractivity contribution in [2.75, 3.05) is 6.61 Å². The lowest BCUT2D eigenvalue weighted by Gasteiger charge is -2.25. The van der Waals surface area contributed by atoms with Gasteiger partial charge in [-0.1, -0.05) is 6.42 Å². The predicted octanol–water partition coefficient (Wildman–Crippen LogP) is 2.87. The lowest BCUT2D eigenvalue weighted by Crippen LogP contribution is -2.19. The van der Waals surface area contributed by atoms with Crippen LogP contribution in [0.25, 0.3) is 0 Å². The van der Waals surface area contributed by atoms with Crippen molar-refractivity contribution in [1.29, 1.82) is 0 Å². The molecule has 1 aliphatic rings. The summed E-state index contributed by atoms with van der Waals surface area (Å²) in [6.07, 6.45) is 3.82. The van der Waals surface area contributed by atoms with Gasteiger partial charge in [-0.2, -0.15) is 0 Å². The third-order valence-corrected chi connectivity index (χ3v) is 3.14. The van der Waals surface area contributed by atoms with Crippen molar-refractivity contribution in [2.24, 2.45) is 5.92 Å². The van der Waals surface area contributed by atoms with Crippen LogP contribution in [0.15, 0.2) is 18.2 Å². The second-order valence-corrected chi connectivity index (χ2v) is 4.39. The van der Waals surface area contributed by atoms with Gasteiger partial charge >= 0.3 is 5.97 Å². The number of carbonyl (C=O) groups is 1. The monoisotopic (exact) mass is 220 g/mol. The molecule has 0 heterocycles. The highest BCUT2D eigenvalue weighted by Crippen LogP contribution is 2.27. The first-order valence-corrected chi connectivity index (χ1v) is 5.63. The zero-order valence-corrected chi connectivity index (χ0v) is 9.40. The SMILES string of the molecule is Cc1cc(OCC2CCC2)ccc1C(=O)O. The molecular weight excluding hydrogens is 204 g/mol. The Morgan fingerprint density at radius 3 is 2.75 bits per heavy atom. The van der Waals surface area contributed by atoms with Crippen molar-refractivity contribution >= 4 is 5.97 Å². The quantitative estimate of drug-likeness (QED) is 0.848. The smallest absolute Gasteiger partial charge is 0.335 e. The molecule has 0 aliphatic heterocycles. The van der Waals surface area contributed by atoms with E-state index in [2.05, 4.69) is 0 Å². The van der Waals surface area contributed by atoms with Crippen LogP contribution in [-0.4, -0.2) is 17.7 Å². The first-order valence-electron chi connectivity index (χ1n) is 5.63. The number of hydrogen-bond acceptors (Lipinski definition) is 2. The normalized spacial score (nSPS) is 15.6. The number of hydrogen-bond donors (Lipinski definition) is 1. The lowest BCUT2D eigenvalue weighted by molar-refractivity contribution is 0.0696. The topological polar surface area (TPSA) is 46.5 Å². The van der Waals surface area contributed by atoms with E-state index in [1.165, 1.54) is 19.3 Å². The summed E-state index contributed by atoms with van der Waals surface area (Å²) in [6.45, 7) is 2.55. The average molecular weight is 220 g/mol. The van der Waals surface area contributed by atoms with Gasteiger partial charge < -0.3 is 9.84 Å². The molecule has 0 saturated heterocycles. The highest BCUT2D eigenvalue weighted by atomic mass is 16.5. The van der Waals surface area contributed by atoms with Crippen LogP contribution in [-0.2, 0) is 0 Å². The fourth-order valence-electron chi connectivity index (χ4n) is 1.84. The van der Waals surface area contributed by atoms with Gasteiger partial charge in [-0.25, -0.2) is 4.79 Å². The molecule has 86 valence electrons. The van der Waals surface area contributed by atoms with Gasteiger partial charge in [-0.3, -0.25) is 0 Å². The first-order chi connectivity index (χ1) is 7.66. The van der Waals surface area contributed by atoms with Crippen LogP contribution < -0.4 is 4.74 Å². The molecule has 0 aromatic heterocycles. The summed E-state index contributed by atoms with van der Waals surface area (Å²) in [5, 5.41) is 8.88. The average Bonchev–Trinajstić information content (AvgIpc) is 2.14. The van der Waals surface area contributed by atoms with Gasteiger partial charge in [0.2, 0.25) is 0 Å². The third kappa shape index (κ3) is 2.35. The third-order valence-electron chi connectivity index (χ3n) is 3.14. The van der Waals surface area contributed by atoms with Crippen LogP contribution in [0.5, 0.6) is 5.75 Å². The number of benzene rings is 1. The number of ether oxygens (including phenoxy) is 1. The summed E-state index contributed by atoms with van der Waals surface area (Å²) < 4.78 is 5.63. The lowest BCUT2D eigenvalue weighted by atomic mass is 9.86. The van der Waals surface area contributed by atoms with E-state index in [1.807, 2.05) is 0 Å². The molecule has 3 heteroatoms. The van der Waals surface area contributed by atoms with E-state index in [1.54, 1.807) is 25.1 Å². The van der Waals surface area contributed by atoms with E-state index < -0.39 is 5.97 Å². The maximum Gasteiger partial charge on any atom is 0.335 e. The van der Waals surface area contributed by atoms with E-state index in [-0.39, 0.29) is 0 Å². The molecule has 0 spiro atoms. The minimum absolute atomic E-state index is 0.344. The van der Waals surface area contributed by atoms with E-state index in [0.717, 1.165) is 17.9 Å². The Labute approximate surface area is 95.0 Å². The second kappa shape index (κ2) is 4.56. The number of carboxylic acid groups (broad SMARTS) is 1. The van der Waals surface area contributed by atoms with Crippen molar-refractivity contribution in [2.45, 2.75) is 26.2 Å². The molecule has 1 aromatic rings. The summed E-state index contributed by atoms with van der Waals surface area (Å²) in [5.74, 6) is 0.580. The summed E-state index contributed by atoms with van der Waals surface area (Å²) in [5.41, 5.74) is 1.09. The Morgan fingerprint density at radius 1 is 1.50 bits per heavy atom. The van der Waals surface area contributed by atoms with E-state index in [4.69, 9.17) is 9.84 Å². The van der Waals surface area contributed by atoms with E-state index in [9.17, 15) is 4.79 Å². The molecule has 0 unspecified atom stereocenters. The molecule has 0 atom stereocenters. The van der Waals surface area contributed by atoms with Crippen molar-refractivity contribution < 1.29 is 14.6 Å². The molecule has 2 rings (SSSR count). The zero-order chi connectivity index (χ0) is 11.5. The molecule has 1 aromatic carbocycles. The Balaban J connectivity index is 1.99. The van der Waals surface area contributed by atoms with Crippen LogP contribution in [0.4, 0.5) is 0 Å². The first kappa shape index (κ1) is 11.0. The molecule has 3 nitrogen and oxygen atoms in total. The molecule has 1 saturated carbocycles. The van der Waals surface area contributed by atoms with E-state index >= 15 is 0 Å². The largest absolute Gasteiger partial charge is 0.493 e. The van der Waals surface area contributed by atoms with Gasteiger partial charge in [0, 0.05) is 0 Å². The Hall–Kier alpha value is -1.51. The van der Waals surface area contributed by atoms with Crippen LogP contribution >= 0.6 is 0 Å². The molecule has 1 fully saturated rings. The molecule has 1 aliphatic carbocycles.